The van der Waals surface area contributed by atoms with Crippen molar-refractivity contribution in [3.05, 3.63) is 97.8 Å². The van der Waals surface area contributed by atoms with Crippen molar-refractivity contribution in [2.24, 2.45) is 0 Å². The maximum Gasteiger partial charge on any atom is 0.281 e. The van der Waals surface area contributed by atoms with Gasteiger partial charge in [-0.1, -0.05) is 30.3 Å². The molecular formula is C19H16N3O4-. The van der Waals surface area contributed by atoms with Crippen molar-refractivity contribution in [3.63, 3.8) is 0 Å². The van der Waals surface area contributed by atoms with Gasteiger partial charge in [-0.05, 0) is 36.3 Å². The fraction of sp³-hybridized carbons (Fsp3) is 0.105. The van der Waals surface area contributed by atoms with Gasteiger partial charge in [0.15, 0.2) is 0 Å². The van der Waals surface area contributed by atoms with Crippen LogP contribution in [0.2, 0.25) is 0 Å². The van der Waals surface area contributed by atoms with Crippen LogP contribution in [-0.4, -0.2) is 26.3 Å². The summed E-state index contributed by atoms with van der Waals surface area (Å²) in [6.45, 7) is 1.70. The highest BCUT2D eigenvalue weighted by Gasteiger charge is 2.16. The molecule has 0 saturated carbocycles. The van der Waals surface area contributed by atoms with E-state index in [1.165, 1.54) is 12.2 Å². The molecule has 0 fully saturated rings. The number of nitrogens with one attached hydrogen (secondary N) is 1. The number of aromatic nitrogens is 2. The van der Waals surface area contributed by atoms with Crippen LogP contribution in [0.1, 0.15) is 21.6 Å². The molecular weight excluding hydrogens is 334 g/mol. The normalized spacial score (nSPS) is 13.1. The maximum absolute atomic E-state index is 12.6. The molecule has 1 aromatic heterocycles. The van der Waals surface area contributed by atoms with Crippen LogP contribution in [0.3, 0.4) is 0 Å². The topological polar surface area (TPSA) is 104 Å². The van der Waals surface area contributed by atoms with Crippen LogP contribution in [-0.2, 0) is 6.42 Å². The molecule has 0 radical (unpaired) electrons. The van der Waals surface area contributed by atoms with Crippen molar-refractivity contribution in [2.45, 2.75) is 13.3 Å². The molecule has 7 nitrogen and oxygen atoms in total. The number of aryl methyl sites for hydroxylation is 1. The minimum absolute atomic E-state index is 0.0246. The lowest BCUT2D eigenvalue weighted by Crippen LogP contribution is -2.26. The number of benzene rings is 1. The molecule has 0 aliphatic heterocycles. The van der Waals surface area contributed by atoms with E-state index in [0.29, 0.717) is 16.8 Å². The Morgan fingerprint density at radius 2 is 1.81 bits per heavy atom. The third-order valence-electron chi connectivity index (χ3n) is 3.98. The second kappa shape index (κ2) is 7.10. The Balaban J connectivity index is 1.88. The molecule has 1 aliphatic rings. The predicted octanol–water partition coefficient (Wildman–Crippen LogP) is 2.33. The molecule has 26 heavy (non-hydrogen) atoms. The van der Waals surface area contributed by atoms with E-state index >= 15 is 0 Å². The minimum atomic E-state index is -0.486. The lowest BCUT2D eigenvalue weighted by molar-refractivity contribution is -0.377. The Hall–Kier alpha value is -3.61. The van der Waals surface area contributed by atoms with Crippen molar-refractivity contribution >= 4 is 17.7 Å². The van der Waals surface area contributed by atoms with Gasteiger partial charge in [-0.25, -0.2) is 0 Å². The maximum atomic E-state index is 12.6. The van der Waals surface area contributed by atoms with E-state index in [9.17, 15) is 20.0 Å². The summed E-state index contributed by atoms with van der Waals surface area (Å²) < 4.78 is 1.000. The molecule has 1 heterocycles. The number of carbonyl (C=O) groups excluding carboxylic acids is 1. The van der Waals surface area contributed by atoms with Gasteiger partial charge in [-0.2, -0.15) is 9.58 Å². The van der Waals surface area contributed by atoms with E-state index in [4.69, 9.17) is 0 Å². The van der Waals surface area contributed by atoms with E-state index < -0.39 is 10.5 Å². The van der Waals surface area contributed by atoms with Gasteiger partial charge in [0.1, 0.15) is 0 Å². The van der Waals surface area contributed by atoms with Crippen LogP contribution in [0.25, 0.3) is 6.08 Å². The highest BCUT2D eigenvalue weighted by Crippen LogP contribution is 2.13. The largest absolute Gasteiger partial charge is 0.612 e. The van der Waals surface area contributed by atoms with Crippen LogP contribution in [0.4, 0.5) is 0 Å². The van der Waals surface area contributed by atoms with Crippen LogP contribution in [0, 0.1) is 17.3 Å². The summed E-state index contributed by atoms with van der Waals surface area (Å²) in [4.78, 5) is 24.5. The van der Waals surface area contributed by atoms with Gasteiger partial charge in [-0.3, -0.25) is 14.7 Å². The number of rotatable bonds is 3. The zero-order valence-electron chi connectivity index (χ0n) is 14.0. The van der Waals surface area contributed by atoms with E-state index in [2.05, 4.69) is 5.10 Å². The second-order valence-corrected chi connectivity index (χ2v) is 5.84. The van der Waals surface area contributed by atoms with E-state index in [1.54, 1.807) is 25.2 Å². The first kappa shape index (κ1) is 17.2. The van der Waals surface area contributed by atoms with E-state index in [-0.39, 0.29) is 18.0 Å². The highest BCUT2D eigenvalue weighted by molar-refractivity contribution is 6.03. The van der Waals surface area contributed by atoms with Gasteiger partial charge < -0.3 is 10.4 Å². The van der Waals surface area contributed by atoms with Crippen molar-refractivity contribution in [2.75, 3.05) is 0 Å². The quantitative estimate of drug-likeness (QED) is 0.677. The second-order valence-electron chi connectivity index (χ2n) is 5.84. The first-order chi connectivity index (χ1) is 12.5. The zero-order chi connectivity index (χ0) is 18.7. The molecule has 0 unspecified atom stereocenters. The molecule has 0 atom stereocenters. The van der Waals surface area contributed by atoms with Gasteiger partial charge in [0, 0.05) is 17.8 Å². The summed E-state index contributed by atoms with van der Waals surface area (Å²) in [5, 5.41) is 24.2. The third kappa shape index (κ3) is 3.56. The van der Waals surface area contributed by atoms with Crippen molar-refractivity contribution < 1.29 is 9.70 Å². The van der Waals surface area contributed by atoms with E-state index in [0.717, 1.165) is 10.2 Å². The molecule has 0 spiro atoms. The first-order valence-corrected chi connectivity index (χ1v) is 7.93. The van der Waals surface area contributed by atoms with Gasteiger partial charge in [0.05, 0.1) is 12.0 Å². The summed E-state index contributed by atoms with van der Waals surface area (Å²) >= 11 is 0. The monoisotopic (exact) mass is 350 g/mol. The number of carbonyl (C=O) groups is 1. The lowest BCUT2D eigenvalue weighted by Gasteiger charge is -2.07. The van der Waals surface area contributed by atoms with Gasteiger partial charge in [0.25, 0.3) is 11.5 Å². The molecule has 132 valence electrons. The average Bonchev–Trinajstić information content (AvgIpc) is 2.91. The molecule has 1 aromatic carbocycles. The minimum Gasteiger partial charge on any atom is -0.612 e. The summed E-state index contributed by atoms with van der Waals surface area (Å²) in [5.41, 5.74) is 1.88. The van der Waals surface area contributed by atoms with Crippen molar-refractivity contribution in [1.29, 1.82) is 0 Å². The van der Waals surface area contributed by atoms with Crippen molar-refractivity contribution in [1.82, 2.24) is 9.78 Å². The molecule has 7 heteroatoms. The fourth-order valence-corrected chi connectivity index (χ4v) is 2.61. The smallest absolute Gasteiger partial charge is 0.281 e. The Morgan fingerprint density at radius 3 is 2.42 bits per heavy atom. The first-order valence-electron chi connectivity index (χ1n) is 7.93. The van der Waals surface area contributed by atoms with Crippen LogP contribution >= 0.6 is 0 Å². The third-order valence-corrected chi connectivity index (χ3v) is 3.98. The van der Waals surface area contributed by atoms with Gasteiger partial charge in [-0.15, -0.1) is 0 Å². The van der Waals surface area contributed by atoms with Crippen molar-refractivity contribution in [3.8, 4) is 0 Å². The summed E-state index contributed by atoms with van der Waals surface area (Å²) in [6, 6.07) is 9.17. The predicted molar refractivity (Wildman–Crippen MR) is 98.8 cm³/mol. The number of aromatic amines is 1. The number of allylic oxidation sites excluding steroid dienone is 5. The fourth-order valence-electron chi connectivity index (χ4n) is 2.61. The Bertz CT molecular complexity index is 999. The lowest BCUT2D eigenvalue weighted by atomic mass is 10.1. The standard InChI is InChI=1S/C19H16N3O4/c1-13-17(11-15-7-9-16(10-8-15)22(25)26)19(24)21(20-13)18(23)12-14-5-3-2-4-6-14/h2-11H,12H2,1H3,(H-,20,24,25,26)/q-1. The highest BCUT2D eigenvalue weighted by atomic mass is 16.8. The molecule has 0 bridgehead atoms. The number of H-pyrrole nitrogens is 1. The molecule has 2 aromatic rings. The summed E-state index contributed by atoms with van der Waals surface area (Å²) in [6.07, 6.45) is 7.56. The average molecular weight is 350 g/mol. The Morgan fingerprint density at radius 1 is 1.15 bits per heavy atom. The number of hydrogen-bond donors (Lipinski definition) is 1. The number of nitrogens with zero attached hydrogens (tertiary/aromatic N) is 2. The van der Waals surface area contributed by atoms with E-state index in [1.807, 2.05) is 30.3 Å². The molecule has 1 N–H and O–H groups in total. The zero-order valence-corrected chi connectivity index (χ0v) is 14.0. The summed E-state index contributed by atoms with van der Waals surface area (Å²) in [7, 11) is 0. The Labute approximate surface area is 149 Å². The van der Waals surface area contributed by atoms with Crippen LogP contribution in [0.15, 0.2) is 65.0 Å². The summed E-state index contributed by atoms with van der Waals surface area (Å²) in [5.74, 6) is -0.354. The number of hydrogen-bond acceptors (Lipinski definition) is 4. The van der Waals surface area contributed by atoms with Gasteiger partial charge >= 0.3 is 0 Å². The van der Waals surface area contributed by atoms with Gasteiger partial charge in [0.2, 0.25) is 5.71 Å². The molecule has 3 rings (SSSR count). The Kier molecular flexibility index (Phi) is 4.70. The molecule has 0 amide bonds. The molecule has 0 saturated heterocycles. The van der Waals surface area contributed by atoms with Crippen LogP contribution in [0.5, 0.6) is 0 Å². The van der Waals surface area contributed by atoms with Crippen LogP contribution < -0.4 is 5.56 Å². The molecule has 1 aliphatic carbocycles. The SMILES string of the molecule is Cc1[nH]n(C(=O)Cc2ccccc2)c(=O)c1C=C1C=CC(=[N+]([O-])[O-])C=C1.